The minimum Gasteiger partial charge on any atom is -0.380 e. The average Bonchev–Trinajstić information content (AvgIpc) is 3.30. The maximum Gasteiger partial charge on any atom is 0.225 e. The van der Waals surface area contributed by atoms with Crippen molar-refractivity contribution < 1.29 is 13.9 Å². The molecule has 1 unspecified atom stereocenters. The maximum atomic E-state index is 13.0. The summed E-state index contributed by atoms with van der Waals surface area (Å²) >= 11 is 0. The number of nitrogens with zero attached hydrogens (tertiary/aromatic N) is 1. The van der Waals surface area contributed by atoms with Crippen molar-refractivity contribution >= 4 is 18.3 Å². The quantitative estimate of drug-likeness (QED) is 0.796. The molecule has 1 aromatic rings. The Morgan fingerprint density at radius 2 is 2.05 bits per heavy atom. The van der Waals surface area contributed by atoms with Gasteiger partial charge in [-0.25, -0.2) is 4.39 Å². The molecule has 0 aromatic heterocycles. The number of carbonyl (C=O) groups is 1. The highest BCUT2D eigenvalue weighted by Gasteiger charge is 2.27. The summed E-state index contributed by atoms with van der Waals surface area (Å²) in [5.74, 6) is 0.387. The van der Waals surface area contributed by atoms with Crippen molar-refractivity contribution in [2.24, 2.45) is 11.7 Å². The predicted octanol–water partition coefficient (Wildman–Crippen LogP) is 2.35. The first-order chi connectivity index (χ1) is 10.1. The van der Waals surface area contributed by atoms with E-state index in [0.29, 0.717) is 25.4 Å². The first-order valence-corrected chi connectivity index (χ1v) is 7.37. The number of amides is 1. The summed E-state index contributed by atoms with van der Waals surface area (Å²) < 4.78 is 18.1. The van der Waals surface area contributed by atoms with E-state index in [4.69, 9.17) is 10.5 Å². The van der Waals surface area contributed by atoms with Crippen LogP contribution in [-0.4, -0.2) is 37.1 Å². The Labute approximate surface area is 137 Å². The van der Waals surface area contributed by atoms with Crippen LogP contribution in [0.4, 0.5) is 4.39 Å². The second kappa shape index (κ2) is 9.08. The lowest BCUT2D eigenvalue weighted by Gasteiger charge is -2.25. The van der Waals surface area contributed by atoms with E-state index < -0.39 is 0 Å². The van der Waals surface area contributed by atoms with Gasteiger partial charge in [-0.3, -0.25) is 4.79 Å². The van der Waals surface area contributed by atoms with E-state index >= 15 is 0 Å². The van der Waals surface area contributed by atoms with Crippen molar-refractivity contribution in [1.82, 2.24) is 4.90 Å². The Kier molecular flexibility index (Phi) is 7.79. The number of benzene rings is 1. The molecule has 0 radical (unpaired) electrons. The zero-order chi connectivity index (χ0) is 15.2. The van der Waals surface area contributed by atoms with Gasteiger partial charge in [-0.05, 0) is 36.5 Å². The van der Waals surface area contributed by atoms with Crippen LogP contribution in [0.1, 0.15) is 24.8 Å². The van der Waals surface area contributed by atoms with Gasteiger partial charge in [0.05, 0.1) is 12.5 Å². The summed E-state index contributed by atoms with van der Waals surface area (Å²) in [7, 11) is 1.57. The summed E-state index contributed by atoms with van der Waals surface area (Å²) in [5.41, 5.74) is 6.51. The van der Waals surface area contributed by atoms with Crippen LogP contribution in [-0.2, 0) is 16.1 Å². The number of methoxy groups -OCH3 is 1. The van der Waals surface area contributed by atoms with Crippen LogP contribution in [0, 0.1) is 11.7 Å². The lowest BCUT2D eigenvalue weighted by atomic mass is 10.1. The van der Waals surface area contributed by atoms with Gasteiger partial charge in [0.25, 0.3) is 0 Å². The third-order valence-electron chi connectivity index (χ3n) is 3.81. The standard InChI is InChI=1S/C16H23FN2O2.ClH/c1-21-15(9-18)8-16(20)19(10-12-2-3-12)11-13-4-6-14(17)7-5-13;/h4-7,12,15H,2-3,8-11,18H2,1H3;1H. The fourth-order valence-corrected chi connectivity index (χ4v) is 2.26. The molecule has 2 N–H and O–H groups in total. The van der Waals surface area contributed by atoms with E-state index in [1.807, 2.05) is 4.90 Å². The Balaban J connectivity index is 0.00000242. The van der Waals surface area contributed by atoms with Gasteiger partial charge in [0.2, 0.25) is 5.91 Å². The van der Waals surface area contributed by atoms with Gasteiger partial charge >= 0.3 is 0 Å². The normalized spacial score (nSPS) is 15.0. The predicted molar refractivity (Wildman–Crippen MR) is 86.3 cm³/mol. The second-order valence-corrected chi connectivity index (χ2v) is 5.64. The first-order valence-electron chi connectivity index (χ1n) is 7.37. The van der Waals surface area contributed by atoms with Crippen LogP contribution in [0.3, 0.4) is 0 Å². The van der Waals surface area contributed by atoms with Crippen molar-refractivity contribution in [2.75, 3.05) is 20.2 Å². The number of nitrogens with two attached hydrogens (primary N) is 1. The van der Waals surface area contributed by atoms with Gasteiger partial charge in [-0.1, -0.05) is 12.1 Å². The molecule has 1 aliphatic rings. The number of rotatable bonds is 8. The van der Waals surface area contributed by atoms with E-state index in [-0.39, 0.29) is 30.2 Å². The minimum atomic E-state index is -0.263. The van der Waals surface area contributed by atoms with Crippen LogP contribution in [0.5, 0.6) is 0 Å². The maximum absolute atomic E-state index is 13.0. The molecule has 1 saturated carbocycles. The van der Waals surface area contributed by atoms with Gasteiger partial charge in [0, 0.05) is 26.7 Å². The monoisotopic (exact) mass is 330 g/mol. The largest absolute Gasteiger partial charge is 0.380 e. The van der Waals surface area contributed by atoms with E-state index in [1.165, 1.54) is 25.0 Å². The number of hydrogen-bond donors (Lipinski definition) is 1. The van der Waals surface area contributed by atoms with Crippen LogP contribution < -0.4 is 5.73 Å². The van der Waals surface area contributed by atoms with Crippen molar-refractivity contribution in [3.05, 3.63) is 35.6 Å². The number of hydrogen-bond acceptors (Lipinski definition) is 3. The molecule has 2 rings (SSSR count). The first kappa shape index (κ1) is 18.9. The molecule has 0 spiro atoms. The molecule has 22 heavy (non-hydrogen) atoms. The molecule has 0 aliphatic heterocycles. The highest BCUT2D eigenvalue weighted by Crippen LogP contribution is 2.30. The summed E-state index contributed by atoms with van der Waals surface area (Å²) in [6, 6.07) is 6.29. The van der Waals surface area contributed by atoms with Crippen LogP contribution in [0.2, 0.25) is 0 Å². The fourth-order valence-electron chi connectivity index (χ4n) is 2.26. The highest BCUT2D eigenvalue weighted by molar-refractivity contribution is 5.85. The Hall–Kier alpha value is -1.17. The lowest BCUT2D eigenvalue weighted by molar-refractivity contribution is -0.134. The van der Waals surface area contributed by atoms with Crippen LogP contribution >= 0.6 is 12.4 Å². The van der Waals surface area contributed by atoms with Crippen LogP contribution in [0.25, 0.3) is 0 Å². The zero-order valence-electron chi connectivity index (χ0n) is 12.8. The van der Waals surface area contributed by atoms with Crippen molar-refractivity contribution in [3.63, 3.8) is 0 Å². The zero-order valence-corrected chi connectivity index (χ0v) is 13.7. The second-order valence-electron chi connectivity index (χ2n) is 5.64. The smallest absolute Gasteiger partial charge is 0.225 e. The van der Waals surface area contributed by atoms with Crippen molar-refractivity contribution in [2.45, 2.75) is 31.9 Å². The molecule has 0 bridgehead atoms. The molecule has 0 saturated heterocycles. The molecular weight excluding hydrogens is 307 g/mol. The number of carbonyl (C=O) groups excluding carboxylic acids is 1. The van der Waals surface area contributed by atoms with Gasteiger partial charge in [-0.15, -0.1) is 12.4 Å². The Bertz CT molecular complexity index is 462. The van der Waals surface area contributed by atoms with Gasteiger partial charge < -0.3 is 15.4 Å². The average molecular weight is 331 g/mol. The molecule has 124 valence electrons. The minimum absolute atomic E-state index is 0. The van der Waals surface area contributed by atoms with Crippen molar-refractivity contribution in [3.8, 4) is 0 Å². The van der Waals surface area contributed by atoms with Gasteiger partial charge in [-0.2, -0.15) is 0 Å². The third kappa shape index (κ3) is 5.91. The fraction of sp³-hybridized carbons (Fsp3) is 0.562. The van der Waals surface area contributed by atoms with E-state index in [9.17, 15) is 9.18 Å². The summed E-state index contributed by atoms with van der Waals surface area (Å²) in [5, 5.41) is 0. The lowest BCUT2D eigenvalue weighted by Crippen LogP contribution is -2.37. The molecule has 6 heteroatoms. The Morgan fingerprint density at radius 3 is 2.55 bits per heavy atom. The molecule has 0 heterocycles. The summed E-state index contributed by atoms with van der Waals surface area (Å²) in [6.07, 6.45) is 2.41. The van der Waals surface area contributed by atoms with E-state index in [2.05, 4.69) is 0 Å². The van der Waals surface area contributed by atoms with Gasteiger partial charge in [0.1, 0.15) is 5.82 Å². The highest BCUT2D eigenvalue weighted by atomic mass is 35.5. The third-order valence-corrected chi connectivity index (χ3v) is 3.81. The SMILES string of the molecule is COC(CN)CC(=O)N(Cc1ccc(F)cc1)CC1CC1.Cl. The topological polar surface area (TPSA) is 55.6 Å². The molecule has 1 fully saturated rings. The van der Waals surface area contributed by atoms with Crippen LogP contribution in [0.15, 0.2) is 24.3 Å². The number of halogens is 2. The van der Waals surface area contributed by atoms with E-state index in [0.717, 1.165) is 12.1 Å². The van der Waals surface area contributed by atoms with E-state index in [1.54, 1.807) is 19.2 Å². The molecule has 1 atom stereocenters. The van der Waals surface area contributed by atoms with Gasteiger partial charge in [0.15, 0.2) is 0 Å². The molecule has 4 nitrogen and oxygen atoms in total. The summed E-state index contributed by atoms with van der Waals surface area (Å²) in [4.78, 5) is 14.3. The molecule has 1 amide bonds. The van der Waals surface area contributed by atoms with Crippen molar-refractivity contribution in [1.29, 1.82) is 0 Å². The Morgan fingerprint density at radius 1 is 1.41 bits per heavy atom. The molecule has 1 aliphatic carbocycles. The molecule has 1 aromatic carbocycles. The summed E-state index contributed by atoms with van der Waals surface area (Å²) in [6.45, 7) is 1.60. The molecular formula is C16H24ClFN2O2. The number of ether oxygens (including phenoxy) is 1.